The van der Waals surface area contributed by atoms with Crippen LogP contribution in [0.4, 0.5) is 4.79 Å². The summed E-state index contributed by atoms with van der Waals surface area (Å²) in [5.74, 6) is -0.841. The van der Waals surface area contributed by atoms with Gasteiger partial charge >= 0.3 is 6.09 Å². The average Bonchev–Trinajstić information content (AvgIpc) is 2.45. The lowest BCUT2D eigenvalue weighted by atomic mass is 10.2. The highest BCUT2D eigenvalue weighted by atomic mass is 16.6. The van der Waals surface area contributed by atoms with Crippen molar-refractivity contribution >= 4 is 12.0 Å². The van der Waals surface area contributed by atoms with Crippen molar-refractivity contribution in [2.75, 3.05) is 6.61 Å². The Bertz CT molecular complexity index is 577. The van der Waals surface area contributed by atoms with E-state index in [1.54, 1.807) is 20.8 Å². The highest BCUT2D eigenvalue weighted by molar-refractivity contribution is 5.86. The Morgan fingerprint density at radius 1 is 1.30 bits per heavy atom. The number of amides is 2. The average molecular weight is 320 g/mol. The molecule has 0 saturated heterocycles. The van der Waals surface area contributed by atoms with E-state index in [2.05, 4.69) is 15.3 Å². The molecule has 0 aromatic heterocycles. The van der Waals surface area contributed by atoms with Crippen LogP contribution >= 0.6 is 0 Å². The fourth-order valence-electron chi connectivity index (χ4n) is 1.61. The molecule has 124 valence electrons. The maximum atomic E-state index is 11.7. The van der Waals surface area contributed by atoms with Crippen molar-refractivity contribution in [3.63, 3.8) is 0 Å². The van der Waals surface area contributed by atoms with Crippen molar-refractivity contribution in [1.82, 2.24) is 5.32 Å². The molecule has 1 aromatic rings. The van der Waals surface area contributed by atoms with Crippen LogP contribution in [0.2, 0.25) is 0 Å². The van der Waals surface area contributed by atoms with Crippen LogP contribution in [0.5, 0.6) is 0 Å². The van der Waals surface area contributed by atoms with Crippen LogP contribution < -0.4 is 5.32 Å². The quantitative estimate of drug-likeness (QED) is 0.493. The molecule has 1 aromatic carbocycles. The predicted molar refractivity (Wildman–Crippen MR) is 83.4 cm³/mol. The number of hydrogen-bond acceptors (Lipinski definition) is 4. The molecule has 0 saturated carbocycles. The molecule has 0 bridgehead atoms. The largest absolute Gasteiger partial charge is 0.444 e. The second-order valence-electron chi connectivity index (χ2n) is 5.73. The normalized spacial score (nSPS) is 12.0. The zero-order valence-electron chi connectivity index (χ0n) is 13.4. The van der Waals surface area contributed by atoms with Gasteiger partial charge in [-0.2, -0.15) is 0 Å². The summed E-state index contributed by atoms with van der Waals surface area (Å²) in [5, 5.41) is 5.34. The van der Waals surface area contributed by atoms with E-state index in [1.807, 2.05) is 30.3 Å². The molecule has 0 spiro atoms. The molecule has 8 heteroatoms. The van der Waals surface area contributed by atoms with Gasteiger partial charge in [-0.05, 0) is 37.0 Å². The molecule has 23 heavy (non-hydrogen) atoms. The second kappa shape index (κ2) is 8.77. The fraction of sp³-hybridized carbons (Fsp3) is 0.467. The van der Waals surface area contributed by atoms with Gasteiger partial charge in [0.1, 0.15) is 11.6 Å². The lowest BCUT2D eigenvalue weighted by molar-refractivity contribution is -0.121. The highest BCUT2D eigenvalue weighted by Crippen LogP contribution is 2.07. The maximum Gasteiger partial charge on any atom is 0.408 e. The van der Waals surface area contributed by atoms with E-state index < -0.39 is 23.6 Å². The summed E-state index contributed by atoms with van der Waals surface area (Å²) < 4.78 is 10.5. The summed E-state index contributed by atoms with van der Waals surface area (Å²) in [6.45, 7) is 5.22. The van der Waals surface area contributed by atoms with Gasteiger partial charge in [-0.1, -0.05) is 30.3 Å². The Kier molecular flexibility index (Phi) is 7.05. The third-order valence-electron chi connectivity index (χ3n) is 2.53. The van der Waals surface area contributed by atoms with Crippen LogP contribution in [0, 0.1) is 0 Å². The van der Waals surface area contributed by atoms with Gasteiger partial charge in [-0.25, -0.2) is 4.79 Å². The van der Waals surface area contributed by atoms with Crippen LogP contribution in [0.15, 0.2) is 35.4 Å². The van der Waals surface area contributed by atoms with Gasteiger partial charge in [-0.3, -0.25) is 4.79 Å². The summed E-state index contributed by atoms with van der Waals surface area (Å²) in [4.78, 5) is 25.9. The molecule has 1 atom stereocenters. The molecule has 0 fully saturated rings. The van der Waals surface area contributed by atoms with Crippen molar-refractivity contribution in [2.45, 2.75) is 39.0 Å². The topological polar surface area (TPSA) is 113 Å². The second-order valence-corrected chi connectivity index (χ2v) is 5.73. The highest BCUT2D eigenvalue weighted by Gasteiger charge is 2.23. The summed E-state index contributed by atoms with van der Waals surface area (Å²) in [5.41, 5.74) is 8.57. The third-order valence-corrected chi connectivity index (χ3v) is 2.53. The summed E-state index contributed by atoms with van der Waals surface area (Å²) in [7, 11) is 0. The van der Waals surface area contributed by atoms with Crippen LogP contribution in [0.25, 0.3) is 10.4 Å². The van der Waals surface area contributed by atoms with E-state index in [-0.39, 0.29) is 13.2 Å². The molecule has 2 amide bonds. The number of azide groups is 1. The number of nitrogens with zero attached hydrogens (tertiary/aromatic N) is 3. The SMILES string of the molecule is CC(C)(C)OC(=O)N[C@@H](COCc1ccccc1)C(=O)N=[N+]=[N-]. The Labute approximate surface area is 134 Å². The number of rotatable bonds is 6. The fourth-order valence-corrected chi connectivity index (χ4v) is 1.61. The smallest absolute Gasteiger partial charge is 0.408 e. The standard InChI is InChI=1S/C15H20N4O4/c1-15(2,3)23-14(21)17-12(13(20)18-19-16)10-22-9-11-7-5-4-6-8-11/h4-8,12H,9-10H2,1-3H3,(H,17,21)/t12-/m0/s1. The van der Waals surface area contributed by atoms with Crippen molar-refractivity contribution in [2.24, 2.45) is 5.11 Å². The zero-order valence-corrected chi connectivity index (χ0v) is 13.4. The molecule has 0 heterocycles. The van der Waals surface area contributed by atoms with Crippen LogP contribution in [0.1, 0.15) is 26.3 Å². The van der Waals surface area contributed by atoms with Gasteiger partial charge in [-0.15, -0.1) is 0 Å². The first-order chi connectivity index (χ1) is 10.8. The predicted octanol–water partition coefficient (Wildman–Crippen LogP) is 2.93. The first kappa shape index (κ1) is 18.5. The summed E-state index contributed by atoms with van der Waals surface area (Å²) in [6.07, 6.45) is -0.785. The van der Waals surface area contributed by atoms with E-state index in [0.29, 0.717) is 0 Å². The van der Waals surface area contributed by atoms with Gasteiger partial charge in [0.05, 0.1) is 13.2 Å². The van der Waals surface area contributed by atoms with Crippen molar-refractivity contribution in [3.8, 4) is 0 Å². The Morgan fingerprint density at radius 2 is 1.96 bits per heavy atom. The minimum Gasteiger partial charge on any atom is -0.444 e. The summed E-state index contributed by atoms with van der Waals surface area (Å²) in [6, 6.07) is 8.23. The molecule has 1 rings (SSSR count). The summed E-state index contributed by atoms with van der Waals surface area (Å²) >= 11 is 0. The van der Waals surface area contributed by atoms with Gasteiger partial charge in [0.2, 0.25) is 5.91 Å². The first-order valence-electron chi connectivity index (χ1n) is 7.02. The Hall–Kier alpha value is -2.57. The van der Waals surface area contributed by atoms with E-state index in [4.69, 9.17) is 15.0 Å². The van der Waals surface area contributed by atoms with E-state index in [0.717, 1.165) is 5.56 Å². The Morgan fingerprint density at radius 3 is 2.52 bits per heavy atom. The van der Waals surface area contributed by atoms with E-state index >= 15 is 0 Å². The van der Waals surface area contributed by atoms with Gasteiger partial charge in [0.15, 0.2) is 0 Å². The molecule has 1 N–H and O–H groups in total. The maximum absolute atomic E-state index is 11.7. The molecule has 0 aliphatic carbocycles. The zero-order chi connectivity index (χ0) is 17.3. The lowest BCUT2D eigenvalue weighted by Crippen LogP contribution is -2.45. The van der Waals surface area contributed by atoms with Gasteiger partial charge in [0.25, 0.3) is 0 Å². The molecule has 0 radical (unpaired) electrons. The third kappa shape index (κ3) is 7.85. The number of carbonyl (C=O) groups is 2. The van der Waals surface area contributed by atoms with E-state index in [9.17, 15) is 9.59 Å². The number of benzene rings is 1. The van der Waals surface area contributed by atoms with Crippen LogP contribution in [-0.2, 0) is 20.9 Å². The molecular weight excluding hydrogens is 300 g/mol. The molecular formula is C15H20N4O4. The molecule has 0 aliphatic rings. The number of nitrogens with one attached hydrogen (secondary N) is 1. The Balaban J connectivity index is 2.60. The molecule has 0 unspecified atom stereocenters. The number of ether oxygens (including phenoxy) is 2. The minimum absolute atomic E-state index is 0.133. The van der Waals surface area contributed by atoms with Crippen molar-refractivity contribution in [1.29, 1.82) is 0 Å². The first-order valence-corrected chi connectivity index (χ1v) is 7.02. The van der Waals surface area contributed by atoms with Crippen LogP contribution in [0.3, 0.4) is 0 Å². The van der Waals surface area contributed by atoms with E-state index in [1.165, 1.54) is 0 Å². The number of alkyl carbamates (subject to hydrolysis) is 1. The van der Waals surface area contributed by atoms with Crippen LogP contribution in [-0.4, -0.2) is 30.3 Å². The van der Waals surface area contributed by atoms with Gasteiger partial charge < -0.3 is 14.8 Å². The number of hydrogen-bond donors (Lipinski definition) is 1. The number of carbonyl (C=O) groups excluding carboxylic acids is 2. The lowest BCUT2D eigenvalue weighted by Gasteiger charge is -2.22. The molecule has 0 aliphatic heterocycles. The van der Waals surface area contributed by atoms with Crippen molar-refractivity contribution in [3.05, 3.63) is 46.3 Å². The molecule has 8 nitrogen and oxygen atoms in total. The van der Waals surface area contributed by atoms with Crippen molar-refractivity contribution < 1.29 is 19.1 Å². The minimum atomic E-state index is -1.11. The monoisotopic (exact) mass is 320 g/mol. The van der Waals surface area contributed by atoms with Gasteiger partial charge in [0, 0.05) is 4.91 Å².